The first kappa shape index (κ1) is 11.7. The van der Waals surface area contributed by atoms with Gasteiger partial charge in [0.25, 0.3) is 0 Å². The molecule has 1 rings (SSSR count). The molecule has 0 unspecified atom stereocenters. The number of amides is 1. The fourth-order valence-electron chi connectivity index (χ4n) is 1.28. The smallest absolute Gasteiger partial charge is 0.216 e. The summed E-state index contributed by atoms with van der Waals surface area (Å²) in [6.45, 7) is 5.00. The average molecular weight is 207 g/mol. The summed E-state index contributed by atoms with van der Waals surface area (Å²) in [6.07, 6.45) is 3.60. The second kappa shape index (κ2) is 6.14. The Balaban J connectivity index is 2.25. The molecule has 0 spiro atoms. The molecule has 0 aliphatic carbocycles. The normalized spacial score (nSPS) is 12.1. The lowest BCUT2D eigenvalue weighted by atomic mass is 10.1. The molecule has 1 amide bonds. The number of hydrogen-bond acceptors (Lipinski definition) is 3. The number of nitrogens with zero attached hydrogens (tertiary/aromatic N) is 1. The van der Waals surface area contributed by atoms with Crippen molar-refractivity contribution in [3.63, 3.8) is 0 Å². The van der Waals surface area contributed by atoms with Crippen LogP contribution >= 0.6 is 0 Å². The van der Waals surface area contributed by atoms with Crippen LogP contribution in [0.4, 0.5) is 0 Å². The van der Waals surface area contributed by atoms with E-state index >= 15 is 0 Å². The first-order valence-corrected chi connectivity index (χ1v) is 5.08. The first-order valence-electron chi connectivity index (χ1n) is 5.08. The molecule has 0 fully saturated rings. The van der Waals surface area contributed by atoms with Gasteiger partial charge in [0.05, 0.1) is 0 Å². The Morgan fingerprint density at radius 3 is 2.93 bits per heavy atom. The molecule has 1 aromatic rings. The van der Waals surface area contributed by atoms with Gasteiger partial charge in [0.15, 0.2) is 0 Å². The molecule has 0 saturated carbocycles. The van der Waals surface area contributed by atoms with E-state index in [1.807, 2.05) is 18.3 Å². The molecule has 4 nitrogen and oxygen atoms in total. The summed E-state index contributed by atoms with van der Waals surface area (Å²) in [7, 11) is 0. The van der Waals surface area contributed by atoms with Crippen molar-refractivity contribution in [1.29, 1.82) is 0 Å². The van der Waals surface area contributed by atoms with Gasteiger partial charge in [-0.05, 0) is 18.6 Å². The highest BCUT2D eigenvalue weighted by Crippen LogP contribution is 2.08. The number of nitrogens with one attached hydrogen (secondary N) is 2. The summed E-state index contributed by atoms with van der Waals surface area (Å²) in [4.78, 5) is 14.7. The molecule has 0 radical (unpaired) electrons. The molecule has 0 aliphatic rings. The minimum absolute atomic E-state index is 0.00540. The van der Waals surface area contributed by atoms with E-state index in [2.05, 4.69) is 22.5 Å². The molecule has 2 N–H and O–H groups in total. The Morgan fingerprint density at radius 2 is 2.33 bits per heavy atom. The summed E-state index contributed by atoms with van der Waals surface area (Å²) in [6, 6.07) is 4.21. The third-order valence-electron chi connectivity index (χ3n) is 2.13. The van der Waals surface area contributed by atoms with Gasteiger partial charge in [-0.3, -0.25) is 9.78 Å². The zero-order valence-corrected chi connectivity index (χ0v) is 9.16. The standard InChI is InChI=1S/C11H17N3O/c1-9(11-4-3-5-12-8-11)13-6-7-14-10(2)15/h3-5,8-9,13H,6-7H2,1-2H3,(H,14,15)/t9-/m1/s1. The maximum Gasteiger partial charge on any atom is 0.216 e. The van der Waals surface area contributed by atoms with Crippen LogP contribution in [0.1, 0.15) is 25.5 Å². The van der Waals surface area contributed by atoms with E-state index < -0.39 is 0 Å². The molecular formula is C11H17N3O. The maximum atomic E-state index is 10.6. The third kappa shape index (κ3) is 4.56. The van der Waals surface area contributed by atoms with Crippen molar-refractivity contribution in [3.8, 4) is 0 Å². The lowest BCUT2D eigenvalue weighted by molar-refractivity contribution is -0.118. The molecule has 4 heteroatoms. The van der Waals surface area contributed by atoms with E-state index in [4.69, 9.17) is 0 Å². The van der Waals surface area contributed by atoms with Gasteiger partial charge in [0.2, 0.25) is 5.91 Å². The Kier molecular flexibility index (Phi) is 4.77. The van der Waals surface area contributed by atoms with E-state index in [9.17, 15) is 4.79 Å². The van der Waals surface area contributed by atoms with Crippen LogP contribution in [-0.2, 0) is 4.79 Å². The van der Waals surface area contributed by atoms with E-state index in [0.717, 1.165) is 12.1 Å². The number of pyridine rings is 1. The van der Waals surface area contributed by atoms with Gasteiger partial charge in [-0.2, -0.15) is 0 Å². The van der Waals surface area contributed by atoms with Gasteiger partial charge in [-0.25, -0.2) is 0 Å². The molecule has 1 heterocycles. The lowest BCUT2D eigenvalue weighted by Crippen LogP contribution is -2.31. The zero-order valence-electron chi connectivity index (χ0n) is 9.16. The number of aromatic nitrogens is 1. The first-order chi connectivity index (χ1) is 7.20. The van der Waals surface area contributed by atoms with Crippen molar-refractivity contribution < 1.29 is 4.79 Å². The highest BCUT2D eigenvalue weighted by molar-refractivity contribution is 5.72. The largest absolute Gasteiger partial charge is 0.355 e. The number of hydrogen-bond donors (Lipinski definition) is 2. The van der Waals surface area contributed by atoms with E-state index in [0.29, 0.717) is 6.54 Å². The lowest BCUT2D eigenvalue weighted by Gasteiger charge is -2.13. The van der Waals surface area contributed by atoms with Gasteiger partial charge < -0.3 is 10.6 Å². The second-order valence-electron chi connectivity index (χ2n) is 3.45. The molecule has 1 aromatic heterocycles. The molecule has 1 atom stereocenters. The number of rotatable bonds is 5. The Labute approximate surface area is 90.1 Å². The number of carbonyl (C=O) groups is 1. The van der Waals surface area contributed by atoms with Crippen molar-refractivity contribution in [2.45, 2.75) is 19.9 Å². The van der Waals surface area contributed by atoms with Crippen LogP contribution in [0.3, 0.4) is 0 Å². The van der Waals surface area contributed by atoms with E-state index in [-0.39, 0.29) is 11.9 Å². The van der Waals surface area contributed by atoms with E-state index in [1.54, 1.807) is 6.20 Å². The van der Waals surface area contributed by atoms with Gasteiger partial charge in [0.1, 0.15) is 0 Å². The molecule has 0 saturated heterocycles. The van der Waals surface area contributed by atoms with Crippen molar-refractivity contribution in [2.75, 3.05) is 13.1 Å². The quantitative estimate of drug-likeness (QED) is 0.704. The maximum absolute atomic E-state index is 10.6. The van der Waals surface area contributed by atoms with Crippen molar-refractivity contribution in [3.05, 3.63) is 30.1 Å². The molecule has 0 aliphatic heterocycles. The van der Waals surface area contributed by atoms with Crippen LogP contribution in [0.25, 0.3) is 0 Å². The molecule has 0 bridgehead atoms. The Morgan fingerprint density at radius 1 is 1.53 bits per heavy atom. The summed E-state index contributed by atoms with van der Waals surface area (Å²) >= 11 is 0. The van der Waals surface area contributed by atoms with Crippen LogP contribution in [0.15, 0.2) is 24.5 Å². The zero-order chi connectivity index (χ0) is 11.1. The molecular weight excluding hydrogens is 190 g/mol. The number of carbonyl (C=O) groups excluding carboxylic acids is 1. The predicted octanol–water partition coefficient (Wildman–Crippen LogP) is 0.868. The summed E-state index contributed by atoms with van der Waals surface area (Å²) in [5.41, 5.74) is 1.15. The molecule has 0 aromatic carbocycles. The summed E-state index contributed by atoms with van der Waals surface area (Å²) in [5.74, 6) is 0.00540. The van der Waals surface area contributed by atoms with Crippen LogP contribution in [0.5, 0.6) is 0 Å². The SMILES string of the molecule is CC(=O)NCCN[C@H](C)c1cccnc1. The summed E-state index contributed by atoms with van der Waals surface area (Å²) < 4.78 is 0. The van der Waals surface area contributed by atoms with Crippen molar-refractivity contribution in [2.24, 2.45) is 0 Å². The topological polar surface area (TPSA) is 54.0 Å². The highest BCUT2D eigenvalue weighted by Gasteiger charge is 2.03. The minimum Gasteiger partial charge on any atom is -0.355 e. The fraction of sp³-hybridized carbons (Fsp3) is 0.455. The fourth-order valence-corrected chi connectivity index (χ4v) is 1.28. The monoisotopic (exact) mass is 207 g/mol. The van der Waals surface area contributed by atoms with Gasteiger partial charge in [-0.1, -0.05) is 6.07 Å². The van der Waals surface area contributed by atoms with Crippen LogP contribution in [-0.4, -0.2) is 24.0 Å². The van der Waals surface area contributed by atoms with Crippen molar-refractivity contribution >= 4 is 5.91 Å². The van der Waals surface area contributed by atoms with Gasteiger partial charge in [0, 0.05) is 38.4 Å². The summed E-state index contributed by atoms with van der Waals surface area (Å²) in [5, 5.41) is 6.03. The van der Waals surface area contributed by atoms with Crippen molar-refractivity contribution in [1.82, 2.24) is 15.6 Å². The van der Waals surface area contributed by atoms with Gasteiger partial charge in [-0.15, -0.1) is 0 Å². The van der Waals surface area contributed by atoms with E-state index in [1.165, 1.54) is 6.92 Å². The third-order valence-corrected chi connectivity index (χ3v) is 2.13. The second-order valence-corrected chi connectivity index (χ2v) is 3.45. The van der Waals surface area contributed by atoms with Crippen LogP contribution < -0.4 is 10.6 Å². The molecule has 82 valence electrons. The molecule has 15 heavy (non-hydrogen) atoms. The predicted molar refractivity (Wildman–Crippen MR) is 59.3 cm³/mol. The average Bonchev–Trinajstić information content (AvgIpc) is 2.25. The van der Waals surface area contributed by atoms with Crippen LogP contribution in [0, 0.1) is 0 Å². The minimum atomic E-state index is 0.00540. The Hall–Kier alpha value is -1.42. The highest BCUT2D eigenvalue weighted by atomic mass is 16.1. The Bertz CT molecular complexity index is 300. The van der Waals surface area contributed by atoms with Gasteiger partial charge >= 0.3 is 0 Å². The van der Waals surface area contributed by atoms with Crippen LogP contribution in [0.2, 0.25) is 0 Å².